The van der Waals surface area contributed by atoms with Gasteiger partial charge in [-0.2, -0.15) is 0 Å². The molecule has 0 heterocycles. The fraction of sp³-hybridized carbons (Fsp3) is 0.958. The zero-order valence-corrected chi connectivity index (χ0v) is 17.6. The number of aliphatic carboxylic acids is 1. The predicted molar refractivity (Wildman–Crippen MR) is 107 cm³/mol. The Bertz CT molecular complexity index is 574. The Morgan fingerprint density at radius 1 is 1.00 bits per heavy atom. The van der Waals surface area contributed by atoms with Crippen molar-refractivity contribution in [3.8, 4) is 0 Å². The molecule has 0 aliphatic heterocycles. The zero-order valence-electron chi connectivity index (χ0n) is 17.6. The van der Waals surface area contributed by atoms with Crippen LogP contribution in [0.15, 0.2) is 0 Å². The zero-order chi connectivity index (χ0) is 19.4. The van der Waals surface area contributed by atoms with E-state index < -0.39 is 5.97 Å². The Kier molecular flexibility index (Phi) is 5.15. The smallest absolute Gasteiger partial charge is 0.303 e. The molecule has 27 heavy (non-hydrogen) atoms. The van der Waals surface area contributed by atoms with Gasteiger partial charge in [-0.15, -0.1) is 0 Å². The highest BCUT2D eigenvalue weighted by Crippen LogP contribution is 2.68. The van der Waals surface area contributed by atoms with Crippen molar-refractivity contribution in [3.63, 3.8) is 0 Å². The van der Waals surface area contributed by atoms with Crippen LogP contribution in [0.2, 0.25) is 0 Å². The van der Waals surface area contributed by atoms with Gasteiger partial charge in [0.05, 0.1) is 6.10 Å². The maximum Gasteiger partial charge on any atom is 0.303 e. The van der Waals surface area contributed by atoms with Crippen LogP contribution in [0.5, 0.6) is 0 Å². The summed E-state index contributed by atoms with van der Waals surface area (Å²) < 4.78 is 0. The van der Waals surface area contributed by atoms with Crippen molar-refractivity contribution in [1.29, 1.82) is 0 Å². The lowest BCUT2D eigenvalue weighted by Gasteiger charge is -2.61. The average molecular weight is 377 g/mol. The molecule has 4 saturated carbocycles. The Morgan fingerprint density at radius 3 is 2.44 bits per heavy atom. The number of fused-ring (bicyclic) bond motifs is 5. The SMILES string of the molecule is C[C@H](CCC(=O)O)[C@@H]1CC[C@H]2[C@@H]3CC[C@H]4C[C@@H](O)CC[C@]4(C)[C@H]3CC[C@@]21C. The van der Waals surface area contributed by atoms with E-state index in [1.807, 2.05) is 0 Å². The molecule has 4 rings (SSSR count). The van der Waals surface area contributed by atoms with Crippen molar-refractivity contribution in [2.45, 2.75) is 97.5 Å². The number of aliphatic hydroxyl groups is 1. The van der Waals surface area contributed by atoms with E-state index in [2.05, 4.69) is 20.8 Å². The number of rotatable bonds is 4. The maximum absolute atomic E-state index is 11.0. The lowest BCUT2D eigenvalue weighted by atomic mass is 9.44. The molecule has 3 heteroatoms. The molecule has 0 unspecified atom stereocenters. The van der Waals surface area contributed by atoms with Crippen LogP contribution in [-0.2, 0) is 4.79 Å². The van der Waals surface area contributed by atoms with E-state index in [-0.39, 0.29) is 6.10 Å². The fourth-order valence-corrected chi connectivity index (χ4v) is 8.76. The molecule has 0 aromatic carbocycles. The summed E-state index contributed by atoms with van der Waals surface area (Å²) in [6.45, 7) is 7.43. The highest BCUT2D eigenvalue weighted by molar-refractivity contribution is 5.66. The third-order valence-corrected chi connectivity index (χ3v) is 10.2. The van der Waals surface area contributed by atoms with Gasteiger partial charge in [-0.3, -0.25) is 4.79 Å². The number of carbonyl (C=O) groups is 1. The van der Waals surface area contributed by atoms with Crippen molar-refractivity contribution < 1.29 is 15.0 Å². The van der Waals surface area contributed by atoms with E-state index in [1.165, 1.54) is 44.9 Å². The van der Waals surface area contributed by atoms with Gasteiger partial charge >= 0.3 is 5.97 Å². The summed E-state index contributed by atoms with van der Waals surface area (Å²) in [5.74, 6) is 3.91. The van der Waals surface area contributed by atoms with E-state index in [4.69, 9.17) is 5.11 Å². The van der Waals surface area contributed by atoms with Crippen LogP contribution in [0.3, 0.4) is 0 Å². The Morgan fingerprint density at radius 2 is 1.70 bits per heavy atom. The summed E-state index contributed by atoms with van der Waals surface area (Å²) in [6.07, 6.45) is 12.4. The molecule has 0 aromatic heterocycles. The fourth-order valence-electron chi connectivity index (χ4n) is 8.76. The van der Waals surface area contributed by atoms with Crippen LogP contribution in [0, 0.1) is 46.3 Å². The van der Waals surface area contributed by atoms with Gasteiger partial charge in [0.15, 0.2) is 0 Å². The molecule has 0 spiro atoms. The second kappa shape index (κ2) is 7.04. The number of carboxylic acids is 1. The van der Waals surface area contributed by atoms with Crippen LogP contribution < -0.4 is 0 Å². The first-order chi connectivity index (χ1) is 12.8. The lowest BCUT2D eigenvalue weighted by molar-refractivity contribution is -0.138. The minimum Gasteiger partial charge on any atom is -0.481 e. The summed E-state index contributed by atoms with van der Waals surface area (Å²) in [5.41, 5.74) is 0.882. The van der Waals surface area contributed by atoms with Gasteiger partial charge in [0.25, 0.3) is 0 Å². The molecule has 4 fully saturated rings. The van der Waals surface area contributed by atoms with Gasteiger partial charge in [0.1, 0.15) is 0 Å². The van der Waals surface area contributed by atoms with Gasteiger partial charge < -0.3 is 10.2 Å². The monoisotopic (exact) mass is 376 g/mol. The first kappa shape index (κ1) is 19.7. The van der Waals surface area contributed by atoms with E-state index >= 15 is 0 Å². The number of hydrogen-bond donors (Lipinski definition) is 2. The molecule has 0 amide bonds. The second-order valence-corrected chi connectivity index (χ2v) is 11.2. The summed E-state index contributed by atoms with van der Waals surface area (Å²) in [6, 6.07) is 0. The van der Waals surface area contributed by atoms with Crippen LogP contribution in [0.25, 0.3) is 0 Å². The van der Waals surface area contributed by atoms with Crippen LogP contribution in [-0.4, -0.2) is 22.3 Å². The van der Waals surface area contributed by atoms with Crippen molar-refractivity contribution in [2.75, 3.05) is 0 Å². The van der Waals surface area contributed by atoms with Gasteiger partial charge in [0.2, 0.25) is 0 Å². The largest absolute Gasteiger partial charge is 0.481 e. The van der Waals surface area contributed by atoms with Crippen LogP contribution in [0.1, 0.15) is 91.4 Å². The molecule has 4 aliphatic carbocycles. The Hall–Kier alpha value is -0.570. The molecule has 0 radical (unpaired) electrons. The van der Waals surface area contributed by atoms with Gasteiger partial charge in [-0.05, 0) is 111 Å². The molecule has 3 nitrogen and oxygen atoms in total. The van der Waals surface area contributed by atoms with E-state index in [0.717, 1.165) is 42.9 Å². The summed E-state index contributed by atoms with van der Waals surface area (Å²) in [7, 11) is 0. The van der Waals surface area contributed by atoms with E-state index in [0.29, 0.717) is 29.1 Å². The lowest BCUT2D eigenvalue weighted by Crippen LogP contribution is -2.54. The molecule has 9 atom stereocenters. The van der Waals surface area contributed by atoms with Gasteiger partial charge in [-0.1, -0.05) is 20.8 Å². The number of carboxylic acid groups (broad SMARTS) is 1. The summed E-state index contributed by atoms with van der Waals surface area (Å²) in [5, 5.41) is 19.3. The highest BCUT2D eigenvalue weighted by atomic mass is 16.4. The van der Waals surface area contributed by atoms with Crippen molar-refractivity contribution in [1.82, 2.24) is 0 Å². The first-order valence-corrected chi connectivity index (χ1v) is 11.7. The van der Waals surface area contributed by atoms with Crippen molar-refractivity contribution in [3.05, 3.63) is 0 Å². The normalized spacial score (nSPS) is 50.4. The Labute approximate surface area is 165 Å². The number of aliphatic hydroxyl groups excluding tert-OH is 1. The molecule has 0 bridgehead atoms. The maximum atomic E-state index is 11.0. The minimum atomic E-state index is -0.643. The molecular formula is C24H40O3. The topological polar surface area (TPSA) is 57.5 Å². The highest BCUT2D eigenvalue weighted by Gasteiger charge is 2.60. The van der Waals surface area contributed by atoms with Gasteiger partial charge in [0, 0.05) is 6.42 Å². The molecule has 0 saturated heterocycles. The van der Waals surface area contributed by atoms with Gasteiger partial charge in [-0.25, -0.2) is 0 Å². The molecule has 4 aliphatic rings. The third-order valence-electron chi connectivity index (χ3n) is 10.2. The summed E-state index contributed by atoms with van der Waals surface area (Å²) in [4.78, 5) is 11.0. The van der Waals surface area contributed by atoms with Crippen LogP contribution in [0.4, 0.5) is 0 Å². The third kappa shape index (κ3) is 3.16. The minimum absolute atomic E-state index is 0.0561. The quantitative estimate of drug-likeness (QED) is 0.680. The number of hydrogen-bond acceptors (Lipinski definition) is 2. The molecular weight excluding hydrogens is 336 g/mol. The molecule has 2 N–H and O–H groups in total. The second-order valence-electron chi connectivity index (χ2n) is 11.2. The standard InChI is InChI=1S/C24H40O3/c1-15(4-9-22(26)27)19-7-8-20-18-6-5-16-14-17(25)10-12-23(16,2)21(18)11-13-24(19,20)3/h15-21,25H,4-14H2,1-3H3,(H,26,27)/t15-,16+,17+,18+,19+,20+,21+,23+,24-/m1/s1. The first-order valence-electron chi connectivity index (χ1n) is 11.7. The van der Waals surface area contributed by atoms with Crippen LogP contribution >= 0.6 is 0 Å². The summed E-state index contributed by atoms with van der Waals surface area (Å²) >= 11 is 0. The Balaban J connectivity index is 1.51. The molecule has 154 valence electrons. The van der Waals surface area contributed by atoms with E-state index in [1.54, 1.807) is 0 Å². The average Bonchev–Trinajstić information content (AvgIpc) is 2.97. The van der Waals surface area contributed by atoms with Crippen molar-refractivity contribution >= 4 is 5.97 Å². The van der Waals surface area contributed by atoms with Crippen molar-refractivity contribution in [2.24, 2.45) is 46.3 Å². The van der Waals surface area contributed by atoms with E-state index in [9.17, 15) is 9.90 Å². The predicted octanol–water partition coefficient (Wildman–Crippen LogP) is 5.51. The molecule has 0 aromatic rings.